The van der Waals surface area contributed by atoms with Crippen molar-refractivity contribution in [2.75, 3.05) is 21.0 Å². The maximum absolute atomic E-state index is 13.6. The Bertz CT molecular complexity index is 1440. The van der Waals surface area contributed by atoms with Gasteiger partial charge in [-0.3, -0.25) is 9.36 Å². The molecule has 0 amide bonds. The summed E-state index contributed by atoms with van der Waals surface area (Å²) in [7, 11) is 3.09. The third-order valence-corrected chi connectivity index (χ3v) is 5.51. The smallest absolute Gasteiger partial charge is 0.266 e. The standard InChI is InChI=1S/C26H22N2O5/c1-16-4-8-18(9-5-16)28-25(11-7-17-6-10-21-24(12-17)33-15-32-21)27-20-14-23(31-3)22(30-2)13-19(20)26(28)29/h4-14H,15H2,1-3H3. The Kier molecular flexibility index (Phi) is 5.22. The molecule has 0 bridgehead atoms. The molecule has 4 aromatic rings. The minimum atomic E-state index is -0.199. The number of hydrogen-bond donors (Lipinski definition) is 0. The van der Waals surface area contributed by atoms with Crippen LogP contribution in [0.5, 0.6) is 23.0 Å². The van der Waals surface area contributed by atoms with Crippen LogP contribution in [-0.2, 0) is 0 Å². The number of aryl methyl sites for hydroxylation is 1. The number of aromatic nitrogens is 2. The van der Waals surface area contributed by atoms with Crippen molar-refractivity contribution in [2.24, 2.45) is 0 Å². The quantitative estimate of drug-likeness (QED) is 0.450. The van der Waals surface area contributed by atoms with Crippen LogP contribution in [0.25, 0.3) is 28.7 Å². The van der Waals surface area contributed by atoms with Gasteiger partial charge in [-0.25, -0.2) is 4.98 Å². The molecule has 0 aliphatic carbocycles. The molecule has 0 unspecified atom stereocenters. The van der Waals surface area contributed by atoms with Crippen LogP contribution in [0.4, 0.5) is 0 Å². The molecule has 1 aliphatic heterocycles. The van der Waals surface area contributed by atoms with E-state index in [1.54, 1.807) is 23.8 Å². The van der Waals surface area contributed by atoms with Gasteiger partial charge in [0, 0.05) is 6.07 Å². The minimum absolute atomic E-state index is 0.199. The molecule has 3 aromatic carbocycles. The lowest BCUT2D eigenvalue weighted by Gasteiger charge is -2.14. The average molecular weight is 442 g/mol. The lowest BCUT2D eigenvalue weighted by Crippen LogP contribution is -2.22. The molecular weight excluding hydrogens is 420 g/mol. The Morgan fingerprint density at radius 1 is 0.909 bits per heavy atom. The number of fused-ring (bicyclic) bond motifs is 2. The van der Waals surface area contributed by atoms with Gasteiger partial charge in [0.15, 0.2) is 23.0 Å². The van der Waals surface area contributed by atoms with Gasteiger partial charge in [0.1, 0.15) is 5.82 Å². The highest BCUT2D eigenvalue weighted by atomic mass is 16.7. The van der Waals surface area contributed by atoms with Crippen molar-refractivity contribution in [3.05, 3.63) is 81.9 Å². The first-order valence-corrected chi connectivity index (χ1v) is 10.4. The molecular formula is C26H22N2O5. The van der Waals surface area contributed by atoms with Crippen LogP contribution in [0.3, 0.4) is 0 Å². The number of hydrogen-bond acceptors (Lipinski definition) is 6. The summed E-state index contributed by atoms with van der Waals surface area (Å²) in [6.45, 7) is 2.22. The lowest BCUT2D eigenvalue weighted by molar-refractivity contribution is 0.174. The third-order valence-electron chi connectivity index (χ3n) is 5.51. The Balaban J connectivity index is 1.70. The molecule has 0 saturated heterocycles. The van der Waals surface area contributed by atoms with Crippen molar-refractivity contribution in [1.29, 1.82) is 0 Å². The summed E-state index contributed by atoms with van der Waals surface area (Å²) in [5.74, 6) is 2.88. The second-order valence-electron chi connectivity index (χ2n) is 7.62. The first kappa shape index (κ1) is 20.6. The van der Waals surface area contributed by atoms with Crippen molar-refractivity contribution in [3.8, 4) is 28.7 Å². The molecule has 2 heterocycles. The predicted molar refractivity (Wildman–Crippen MR) is 127 cm³/mol. The van der Waals surface area contributed by atoms with E-state index in [2.05, 4.69) is 0 Å². The summed E-state index contributed by atoms with van der Waals surface area (Å²) in [6.07, 6.45) is 3.70. The van der Waals surface area contributed by atoms with E-state index in [-0.39, 0.29) is 12.4 Å². The van der Waals surface area contributed by atoms with Crippen LogP contribution in [0.1, 0.15) is 17.0 Å². The summed E-state index contributed by atoms with van der Waals surface area (Å²) < 4.78 is 23.2. The fraction of sp³-hybridized carbons (Fsp3) is 0.154. The monoisotopic (exact) mass is 442 g/mol. The second-order valence-corrected chi connectivity index (χ2v) is 7.62. The van der Waals surface area contributed by atoms with Crippen molar-refractivity contribution >= 4 is 23.1 Å². The first-order chi connectivity index (χ1) is 16.1. The SMILES string of the molecule is COc1cc2nc(C=Cc3ccc4c(c3)OCO4)n(-c3ccc(C)cc3)c(=O)c2cc1OC. The molecule has 5 rings (SSSR count). The molecule has 1 aliphatic rings. The summed E-state index contributed by atoms with van der Waals surface area (Å²) in [4.78, 5) is 18.4. The molecule has 7 nitrogen and oxygen atoms in total. The van der Waals surface area contributed by atoms with E-state index in [1.165, 1.54) is 7.11 Å². The van der Waals surface area contributed by atoms with Crippen LogP contribution < -0.4 is 24.5 Å². The number of rotatable bonds is 5. The zero-order valence-corrected chi connectivity index (χ0v) is 18.5. The molecule has 0 N–H and O–H groups in total. The van der Waals surface area contributed by atoms with E-state index >= 15 is 0 Å². The molecule has 33 heavy (non-hydrogen) atoms. The zero-order chi connectivity index (χ0) is 22.9. The van der Waals surface area contributed by atoms with E-state index in [0.717, 1.165) is 16.8 Å². The van der Waals surface area contributed by atoms with Gasteiger partial charge in [0.2, 0.25) is 6.79 Å². The van der Waals surface area contributed by atoms with Crippen molar-refractivity contribution in [1.82, 2.24) is 9.55 Å². The average Bonchev–Trinajstić information content (AvgIpc) is 3.31. The van der Waals surface area contributed by atoms with E-state index in [9.17, 15) is 4.79 Å². The van der Waals surface area contributed by atoms with Crippen molar-refractivity contribution < 1.29 is 18.9 Å². The summed E-state index contributed by atoms with van der Waals surface area (Å²) in [6, 6.07) is 16.8. The fourth-order valence-corrected chi connectivity index (χ4v) is 3.77. The van der Waals surface area contributed by atoms with Crippen LogP contribution in [-0.4, -0.2) is 30.6 Å². The molecule has 0 spiro atoms. The number of methoxy groups -OCH3 is 2. The lowest BCUT2D eigenvalue weighted by atomic mass is 10.1. The van der Waals surface area contributed by atoms with Crippen molar-refractivity contribution in [2.45, 2.75) is 6.92 Å². The second kappa shape index (κ2) is 8.35. The van der Waals surface area contributed by atoms with Gasteiger partial charge in [0.25, 0.3) is 5.56 Å². The van der Waals surface area contributed by atoms with Gasteiger partial charge in [-0.2, -0.15) is 0 Å². The first-order valence-electron chi connectivity index (χ1n) is 10.4. The predicted octanol–water partition coefficient (Wildman–Crippen LogP) is 4.61. The van der Waals surface area contributed by atoms with Crippen LogP contribution in [0.15, 0.2) is 59.4 Å². The van der Waals surface area contributed by atoms with Gasteiger partial charge in [-0.05, 0) is 48.9 Å². The van der Waals surface area contributed by atoms with Gasteiger partial charge in [-0.15, -0.1) is 0 Å². The molecule has 166 valence electrons. The highest BCUT2D eigenvalue weighted by molar-refractivity contribution is 5.84. The molecule has 0 saturated carbocycles. The maximum Gasteiger partial charge on any atom is 0.266 e. The number of ether oxygens (including phenoxy) is 4. The number of nitrogens with zero attached hydrogens (tertiary/aromatic N) is 2. The zero-order valence-electron chi connectivity index (χ0n) is 18.5. The molecule has 7 heteroatoms. The fourth-order valence-electron chi connectivity index (χ4n) is 3.77. The largest absolute Gasteiger partial charge is 0.493 e. The number of benzene rings is 3. The van der Waals surface area contributed by atoms with Gasteiger partial charge < -0.3 is 18.9 Å². The molecule has 0 fully saturated rings. The van der Waals surface area contributed by atoms with Crippen molar-refractivity contribution in [3.63, 3.8) is 0 Å². The van der Waals surface area contributed by atoms with Gasteiger partial charge >= 0.3 is 0 Å². The molecule has 1 aromatic heterocycles. The van der Waals surface area contributed by atoms with E-state index in [4.69, 9.17) is 23.9 Å². The van der Waals surface area contributed by atoms with Crippen LogP contribution >= 0.6 is 0 Å². The Labute approximate surface area is 190 Å². The Morgan fingerprint density at radius 2 is 1.64 bits per heavy atom. The highest BCUT2D eigenvalue weighted by Gasteiger charge is 2.16. The molecule has 0 radical (unpaired) electrons. The molecule has 0 atom stereocenters. The van der Waals surface area contributed by atoms with Crippen LogP contribution in [0.2, 0.25) is 0 Å². The van der Waals surface area contributed by atoms with E-state index < -0.39 is 0 Å². The van der Waals surface area contributed by atoms with E-state index in [0.29, 0.717) is 39.7 Å². The maximum atomic E-state index is 13.6. The summed E-state index contributed by atoms with van der Waals surface area (Å²) >= 11 is 0. The van der Waals surface area contributed by atoms with Gasteiger partial charge in [-0.1, -0.05) is 29.8 Å². The minimum Gasteiger partial charge on any atom is -0.493 e. The topological polar surface area (TPSA) is 71.8 Å². The Hall–Kier alpha value is -4.26. The summed E-state index contributed by atoms with van der Waals surface area (Å²) in [5.41, 5.74) is 3.04. The van der Waals surface area contributed by atoms with Crippen LogP contribution in [0, 0.1) is 6.92 Å². The Morgan fingerprint density at radius 3 is 2.39 bits per heavy atom. The van der Waals surface area contributed by atoms with E-state index in [1.807, 2.05) is 61.5 Å². The summed E-state index contributed by atoms with van der Waals surface area (Å²) in [5, 5.41) is 0.438. The van der Waals surface area contributed by atoms with Gasteiger partial charge in [0.05, 0.1) is 30.8 Å². The normalized spacial score (nSPS) is 12.5. The highest BCUT2D eigenvalue weighted by Crippen LogP contribution is 2.33. The third kappa shape index (κ3) is 3.78.